The van der Waals surface area contributed by atoms with Gasteiger partial charge in [-0.3, -0.25) is 4.79 Å². The third-order valence-corrected chi connectivity index (χ3v) is 5.84. The van der Waals surface area contributed by atoms with E-state index in [1.54, 1.807) is 6.20 Å². The molecule has 1 aliphatic rings. The smallest absolute Gasteiger partial charge is 0.257 e. The molecule has 1 fully saturated rings. The molecule has 0 atom stereocenters. The minimum absolute atomic E-state index is 0.0492. The fraction of sp³-hybridized carbons (Fsp3) is 0.400. The van der Waals surface area contributed by atoms with Crippen LogP contribution in [0.3, 0.4) is 0 Å². The average molecular weight is 403 g/mol. The predicted molar refractivity (Wildman–Crippen MR) is 122 cm³/mol. The van der Waals surface area contributed by atoms with E-state index in [1.807, 2.05) is 24.0 Å². The number of anilines is 2. The summed E-state index contributed by atoms with van der Waals surface area (Å²) in [5.74, 6) is 0.529. The van der Waals surface area contributed by atoms with Crippen LogP contribution in [-0.2, 0) is 0 Å². The largest absolute Gasteiger partial charge is 0.354 e. The van der Waals surface area contributed by atoms with Crippen molar-refractivity contribution in [3.8, 4) is 0 Å². The van der Waals surface area contributed by atoms with Crippen LogP contribution < -0.4 is 5.32 Å². The monoisotopic (exact) mass is 402 g/mol. The van der Waals surface area contributed by atoms with Crippen molar-refractivity contribution in [1.29, 1.82) is 0 Å². The lowest BCUT2D eigenvalue weighted by Gasteiger charge is -2.22. The normalized spacial score (nSPS) is 14.7. The first-order valence-corrected chi connectivity index (χ1v) is 11.0. The SMILES string of the molecule is Cc1ccc2c(Nc3ccc(C(C)C)cc3)c(C(=O)N3CCCCCC3)cnc2n1. The van der Waals surface area contributed by atoms with Crippen LogP contribution in [0.15, 0.2) is 42.6 Å². The number of fused-ring (bicyclic) bond motifs is 1. The number of aromatic nitrogens is 2. The van der Waals surface area contributed by atoms with Crippen molar-refractivity contribution in [1.82, 2.24) is 14.9 Å². The lowest BCUT2D eigenvalue weighted by Crippen LogP contribution is -2.32. The Morgan fingerprint density at radius 1 is 1.00 bits per heavy atom. The summed E-state index contributed by atoms with van der Waals surface area (Å²) in [4.78, 5) is 24.5. The summed E-state index contributed by atoms with van der Waals surface area (Å²) in [6.45, 7) is 7.95. The molecule has 0 radical (unpaired) electrons. The summed E-state index contributed by atoms with van der Waals surface area (Å²) >= 11 is 0. The highest BCUT2D eigenvalue weighted by atomic mass is 16.2. The van der Waals surface area contributed by atoms with Gasteiger partial charge in [0.1, 0.15) is 0 Å². The minimum atomic E-state index is 0.0492. The summed E-state index contributed by atoms with van der Waals surface area (Å²) in [5.41, 5.74) is 5.22. The second-order valence-electron chi connectivity index (χ2n) is 8.48. The number of carbonyl (C=O) groups is 1. The maximum absolute atomic E-state index is 13.4. The Kier molecular flexibility index (Phi) is 5.98. The number of likely N-dealkylation sites (tertiary alicyclic amines) is 1. The number of benzene rings is 1. The summed E-state index contributed by atoms with van der Waals surface area (Å²) in [6, 6.07) is 12.4. The van der Waals surface area contributed by atoms with Crippen molar-refractivity contribution in [2.45, 2.75) is 52.4 Å². The van der Waals surface area contributed by atoms with Crippen molar-refractivity contribution in [2.24, 2.45) is 0 Å². The molecule has 156 valence electrons. The number of hydrogen-bond donors (Lipinski definition) is 1. The van der Waals surface area contributed by atoms with Gasteiger partial charge in [-0.2, -0.15) is 0 Å². The Hall–Kier alpha value is -2.95. The first kappa shape index (κ1) is 20.3. The molecule has 3 heterocycles. The lowest BCUT2D eigenvalue weighted by molar-refractivity contribution is 0.0762. The van der Waals surface area contributed by atoms with Gasteiger partial charge >= 0.3 is 0 Å². The van der Waals surface area contributed by atoms with Crippen LogP contribution in [0.2, 0.25) is 0 Å². The first-order valence-electron chi connectivity index (χ1n) is 11.0. The zero-order valence-corrected chi connectivity index (χ0v) is 18.1. The summed E-state index contributed by atoms with van der Waals surface area (Å²) in [6.07, 6.45) is 6.19. The predicted octanol–water partition coefficient (Wildman–Crippen LogP) is 5.82. The topological polar surface area (TPSA) is 58.1 Å². The minimum Gasteiger partial charge on any atom is -0.354 e. The molecule has 1 aromatic carbocycles. The number of aryl methyl sites for hydroxylation is 1. The average Bonchev–Trinajstić information content (AvgIpc) is 3.03. The third kappa shape index (κ3) is 4.30. The summed E-state index contributed by atoms with van der Waals surface area (Å²) < 4.78 is 0. The number of rotatable bonds is 4. The molecule has 5 heteroatoms. The molecular formula is C25H30N4O. The van der Waals surface area contributed by atoms with E-state index in [-0.39, 0.29) is 5.91 Å². The Labute approximate surface area is 178 Å². The van der Waals surface area contributed by atoms with Crippen molar-refractivity contribution in [3.05, 3.63) is 59.4 Å². The quantitative estimate of drug-likeness (QED) is 0.597. The van der Waals surface area contributed by atoms with Crippen molar-refractivity contribution >= 4 is 28.3 Å². The summed E-state index contributed by atoms with van der Waals surface area (Å²) in [5, 5.41) is 4.38. The fourth-order valence-electron chi connectivity index (χ4n) is 4.01. The number of hydrogen-bond acceptors (Lipinski definition) is 4. The van der Waals surface area contributed by atoms with Gasteiger partial charge in [0.25, 0.3) is 5.91 Å². The molecule has 0 aliphatic carbocycles. The molecule has 0 spiro atoms. The fourth-order valence-corrected chi connectivity index (χ4v) is 4.01. The molecule has 1 aliphatic heterocycles. The first-order chi connectivity index (χ1) is 14.5. The third-order valence-electron chi connectivity index (χ3n) is 5.84. The Morgan fingerprint density at radius 3 is 2.37 bits per heavy atom. The molecule has 1 saturated heterocycles. The molecule has 3 aromatic rings. The molecule has 1 amide bonds. The molecule has 4 rings (SSSR count). The molecule has 30 heavy (non-hydrogen) atoms. The standard InChI is InChI=1S/C25H30N4O/c1-17(2)19-9-11-20(12-10-19)28-23-21-13-8-18(3)27-24(21)26-16-22(23)25(30)29-14-6-4-5-7-15-29/h8-13,16-17H,4-7,14-15H2,1-3H3,(H,26,27,28). The van der Waals surface area contributed by atoms with Crippen molar-refractivity contribution in [2.75, 3.05) is 18.4 Å². The van der Waals surface area contributed by atoms with E-state index in [0.717, 1.165) is 48.4 Å². The molecule has 0 bridgehead atoms. The van der Waals surface area contributed by atoms with Crippen LogP contribution >= 0.6 is 0 Å². The van der Waals surface area contributed by atoms with Crippen LogP contribution in [0.1, 0.15) is 67.1 Å². The highest BCUT2D eigenvalue weighted by Gasteiger charge is 2.22. The van der Waals surface area contributed by atoms with E-state index in [2.05, 4.69) is 53.4 Å². The number of nitrogens with one attached hydrogen (secondary N) is 1. The van der Waals surface area contributed by atoms with E-state index < -0.39 is 0 Å². The van der Waals surface area contributed by atoms with Gasteiger partial charge in [0.05, 0.1) is 11.3 Å². The van der Waals surface area contributed by atoms with Gasteiger partial charge in [-0.05, 0) is 55.5 Å². The zero-order valence-electron chi connectivity index (χ0n) is 18.1. The van der Waals surface area contributed by atoms with Gasteiger partial charge in [0.2, 0.25) is 0 Å². The molecular weight excluding hydrogens is 372 g/mol. The second-order valence-corrected chi connectivity index (χ2v) is 8.48. The highest BCUT2D eigenvalue weighted by Crippen LogP contribution is 2.30. The van der Waals surface area contributed by atoms with E-state index in [9.17, 15) is 4.79 Å². The maximum Gasteiger partial charge on any atom is 0.257 e. The number of nitrogens with zero attached hydrogens (tertiary/aromatic N) is 3. The van der Waals surface area contributed by atoms with Crippen molar-refractivity contribution < 1.29 is 4.79 Å². The van der Waals surface area contributed by atoms with E-state index in [4.69, 9.17) is 0 Å². The van der Waals surface area contributed by atoms with Crippen molar-refractivity contribution in [3.63, 3.8) is 0 Å². The molecule has 0 saturated carbocycles. The van der Waals surface area contributed by atoms with E-state index >= 15 is 0 Å². The van der Waals surface area contributed by atoms with Gasteiger partial charge < -0.3 is 10.2 Å². The number of amides is 1. The number of carbonyl (C=O) groups excluding carboxylic acids is 1. The zero-order chi connectivity index (χ0) is 21.1. The van der Waals surface area contributed by atoms with Crippen LogP contribution in [0.5, 0.6) is 0 Å². The second kappa shape index (κ2) is 8.82. The van der Waals surface area contributed by atoms with Crippen LogP contribution in [0.25, 0.3) is 11.0 Å². The van der Waals surface area contributed by atoms with Crippen LogP contribution in [-0.4, -0.2) is 33.9 Å². The highest BCUT2D eigenvalue weighted by molar-refractivity contribution is 6.07. The van der Waals surface area contributed by atoms with Gasteiger partial charge in [-0.1, -0.05) is 38.8 Å². The maximum atomic E-state index is 13.4. The lowest BCUT2D eigenvalue weighted by atomic mass is 10.0. The van der Waals surface area contributed by atoms with E-state index in [0.29, 0.717) is 17.1 Å². The molecule has 2 aromatic heterocycles. The molecule has 1 N–H and O–H groups in total. The van der Waals surface area contributed by atoms with Gasteiger partial charge in [-0.15, -0.1) is 0 Å². The molecule has 5 nitrogen and oxygen atoms in total. The van der Waals surface area contributed by atoms with Crippen LogP contribution in [0, 0.1) is 6.92 Å². The Bertz CT molecular complexity index is 1030. The summed E-state index contributed by atoms with van der Waals surface area (Å²) in [7, 11) is 0. The van der Waals surface area contributed by atoms with Gasteiger partial charge in [0, 0.05) is 36.1 Å². The van der Waals surface area contributed by atoms with Crippen LogP contribution in [0.4, 0.5) is 11.4 Å². The Morgan fingerprint density at radius 2 is 1.70 bits per heavy atom. The van der Waals surface area contributed by atoms with E-state index in [1.165, 1.54) is 18.4 Å². The molecule has 0 unspecified atom stereocenters. The number of pyridine rings is 2. The van der Waals surface area contributed by atoms with Gasteiger partial charge in [-0.25, -0.2) is 9.97 Å². The Balaban J connectivity index is 1.75. The van der Waals surface area contributed by atoms with Gasteiger partial charge in [0.15, 0.2) is 5.65 Å².